The summed E-state index contributed by atoms with van der Waals surface area (Å²) in [5, 5.41) is 1.75. The second-order valence-electron chi connectivity index (χ2n) is 7.42. The van der Waals surface area contributed by atoms with Gasteiger partial charge >= 0.3 is 0 Å². The normalized spacial score (nSPS) is 11.6. The first kappa shape index (κ1) is 20.5. The molecule has 0 radical (unpaired) electrons. The number of benzene rings is 3. The van der Waals surface area contributed by atoms with Crippen LogP contribution in [0.3, 0.4) is 0 Å². The van der Waals surface area contributed by atoms with Gasteiger partial charge in [0.05, 0.1) is 11.0 Å². The first-order chi connectivity index (χ1) is 15.6. The molecule has 0 spiro atoms. The van der Waals surface area contributed by atoms with Crippen molar-refractivity contribution in [1.29, 1.82) is 0 Å². The molecule has 5 nitrogen and oxygen atoms in total. The molecular weight excluding hydrogens is 438 g/mol. The number of thiophene rings is 1. The third-order valence-electron chi connectivity index (χ3n) is 5.25. The maximum Gasteiger partial charge on any atom is 0.271 e. The lowest BCUT2D eigenvalue weighted by Gasteiger charge is -2.10. The number of fused-ring (bicyclic) bond motifs is 1. The average Bonchev–Trinajstić information content (AvgIpc) is 3.48. The molecule has 0 unspecified atom stereocenters. The van der Waals surface area contributed by atoms with Crippen molar-refractivity contribution in [3.8, 4) is 5.69 Å². The first-order valence-electron chi connectivity index (χ1n) is 10.3. The van der Waals surface area contributed by atoms with Crippen LogP contribution in [0.15, 0.2) is 101 Å². The molecule has 1 N–H and O–H groups in total. The first-order valence-corrected chi connectivity index (χ1v) is 12.6. The molecule has 2 heterocycles. The Balaban J connectivity index is 1.35. The van der Waals surface area contributed by atoms with E-state index in [-0.39, 0.29) is 0 Å². The van der Waals surface area contributed by atoms with Crippen molar-refractivity contribution in [2.24, 2.45) is 0 Å². The lowest BCUT2D eigenvalue weighted by atomic mass is 10.1. The van der Waals surface area contributed by atoms with Gasteiger partial charge in [-0.3, -0.25) is 9.29 Å². The molecule has 0 saturated heterocycles. The number of rotatable bonds is 7. The molecule has 3 aromatic carbocycles. The highest BCUT2D eigenvalue weighted by molar-refractivity contribution is 7.94. The Morgan fingerprint density at radius 1 is 0.812 bits per heavy atom. The molecule has 0 bridgehead atoms. The monoisotopic (exact) mass is 459 g/mol. The Bertz CT molecular complexity index is 1440. The van der Waals surface area contributed by atoms with E-state index in [4.69, 9.17) is 4.98 Å². The Kier molecular flexibility index (Phi) is 5.51. The van der Waals surface area contributed by atoms with Gasteiger partial charge in [-0.1, -0.05) is 48.5 Å². The quantitative estimate of drug-likeness (QED) is 0.341. The van der Waals surface area contributed by atoms with Crippen molar-refractivity contribution in [3.63, 3.8) is 0 Å². The molecule has 0 atom stereocenters. The van der Waals surface area contributed by atoms with Crippen molar-refractivity contribution in [1.82, 2.24) is 9.55 Å². The molecule has 0 aliphatic heterocycles. The van der Waals surface area contributed by atoms with Crippen LogP contribution in [0.1, 0.15) is 11.4 Å². The van der Waals surface area contributed by atoms with Crippen molar-refractivity contribution in [2.75, 3.05) is 4.72 Å². The summed E-state index contributed by atoms with van der Waals surface area (Å²) in [7, 11) is -3.53. The predicted octanol–water partition coefficient (Wildman–Crippen LogP) is 5.67. The summed E-state index contributed by atoms with van der Waals surface area (Å²) >= 11 is 1.20. The smallest absolute Gasteiger partial charge is 0.271 e. The largest absolute Gasteiger partial charge is 0.296 e. The molecule has 5 aromatic rings. The lowest BCUT2D eigenvalue weighted by molar-refractivity contribution is 0.603. The Morgan fingerprint density at radius 2 is 1.56 bits per heavy atom. The second-order valence-corrected chi connectivity index (χ2v) is 10.3. The van der Waals surface area contributed by atoms with Crippen molar-refractivity contribution in [3.05, 3.63) is 108 Å². The molecule has 0 amide bonds. The van der Waals surface area contributed by atoms with Crippen LogP contribution in [0.25, 0.3) is 16.7 Å². The topological polar surface area (TPSA) is 64.0 Å². The molecule has 7 heteroatoms. The average molecular weight is 460 g/mol. The van der Waals surface area contributed by atoms with Crippen LogP contribution in [0.2, 0.25) is 0 Å². The molecule has 160 valence electrons. The maximum atomic E-state index is 12.4. The molecule has 0 saturated carbocycles. The van der Waals surface area contributed by atoms with Gasteiger partial charge in [-0.05, 0) is 59.8 Å². The van der Waals surface area contributed by atoms with Crippen molar-refractivity contribution in [2.45, 2.75) is 17.1 Å². The third kappa shape index (κ3) is 4.17. The van der Waals surface area contributed by atoms with Gasteiger partial charge in [0.1, 0.15) is 10.0 Å². The third-order valence-corrected chi connectivity index (χ3v) is 8.03. The van der Waals surface area contributed by atoms with E-state index < -0.39 is 10.0 Å². The lowest BCUT2D eigenvalue weighted by Crippen LogP contribution is -2.11. The number of hydrogen-bond donors (Lipinski definition) is 1. The van der Waals surface area contributed by atoms with Gasteiger partial charge in [-0.25, -0.2) is 13.4 Å². The molecule has 5 rings (SSSR count). The van der Waals surface area contributed by atoms with Gasteiger partial charge in [-0.2, -0.15) is 0 Å². The molecule has 0 aliphatic rings. The summed E-state index contributed by atoms with van der Waals surface area (Å²) in [6.45, 7) is 0. The zero-order valence-corrected chi connectivity index (χ0v) is 18.8. The number of nitrogens with one attached hydrogen (secondary N) is 1. The van der Waals surface area contributed by atoms with Gasteiger partial charge in [0, 0.05) is 17.8 Å². The van der Waals surface area contributed by atoms with Crippen LogP contribution in [0, 0.1) is 0 Å². The highest BCUT2D eigenvalue weighted by Crippen LogP contribution is 2.24. The minimum absolute atomic E-state index is 0.307. The molecular formula is C25H21N3O2S2. The second kappa shape index (κ2) is 8.61. The number of sulfonamides is 1. The molecule has 32 heavy (non-hydrogen) atoms. The van der Waals surface area contributed by atoms with Crippen LogP contribution in [-0.2, 0) is 22.9 Å². The zero-order chi connectivity index (χ0) is 22.0. The van der Waals surface area contributed by atoms with Crippen LogP contribution in [0.4, 0.5) is 5.69 Å². The predicted molar refractivity (Wildman–Crippen MR) is 130 cm³/mol. The van der Waals surface area contributed by atoms with Crippen LogP contribution < -0.4 is 4.72 Å². The minimum Gasteiger partial charge on any atom is -0.296 e. The van der Waals surface area contributed by atoms with Crippen LogP contribution in [0.5, 0.6) is 0 Å². The maximum absolute atomic E-state index is 12.4. The number of anilines is 1. The highest BCUT2D eigenvalue weighted by atomic mass is 32.2. The number of imidazole rings is 1. The summed E-state index contributed by atoms with van der Waals surface area (Å²) in [6, 6.07) is 29.3. The fraction of sp³-hybridized carbons (Fsp3) is 0.0800. The van der Waals surface area contributed by atoms with E-state index in [2.05, 4.69) is 27.5 Å². The van der Waals surface area contributed by atoms with E-state index in [0.29, 0.717) is 9.90 Å². The highest BCUT2D eigenvalue weighted by Gasteiger charge is 2.15. The van der Waals surface area contributed by atoms with Gasteiger partial charge in [0.2, 0.25) is 0 Å². The van der Waals surface area contributed by atoms with Gasteiger partial charge in [0.15, 0.2) is 0 Å². The van der Waals surface area contributed by atoms with Gasteiger partial charge in [0.25, 0.3) is 10.0 Å². The van der Waals surface area contributed by atoms with Crippen molar-refractivity contribution >= 4 is 38.1 Å². The Labute approximate surface area is 191 Å². The molecule has 0 fully saturated rings. The Hall–Kier alpha value is -3.42. The van der Waals surface area contributed by atoms with Crippen molar-refractivity contribution < 1.29 is 8.42 Å². The number of aryl methyl sites for hydroxylation is 2. The number of hydrogen-bond acceptors (Lipinski definition) is 4. The zero-order valence-electron chi connectivity index (χ0n) is 17.2. The minimum atomic E-state index is -3.53. The summed E-state index contributed by atoms with van der Waals surface area (Å²) < 4.78 is 30.0. The number of para-hydroxylation sites is 3. The van der Waals surface area contributed by atoms with E-state index in [1.54, 1.807) is 29.6 Å². The fourth-order valence-electron chi connectivity index (χ4n) is 3.73. The van der Waals surface area contributed by atoms with E-state index in [1.807, 2.05) is 48.5 Å². The SMILES string of the molecule is O=S(=O)(Nc1ccc(CCc2nc3ccccc3n2-c2ccccc2)cc1)c1cccs1. The van der Waals surface area contributed by atoms with E-state index in [1.165, 1.54) is 11.3 Å². The Morgan fingerprint density at radius 3 is 2.31 bits per heavy atom. The van der Waals surface area contributed by atoms with E-state index in [0.717, 1.165) is 41.0 Å². The summed E-state index contributed by atoms with van der Waals surface area (Å²) in [4.78, 5) is 4.87. The molecule has 0 aliphatic carbocycles. The van der Waals surface area contributed by atoms with Gasteiger partial charge in [-0.15, -0.1) is 11.3 Å². The molecule has 2 aromatic heterocycles. The van der Waals surface area contributed by atoms with E-state index in [9.17, 15) is 8.42 Å². The fourth-order valence-corrected chi connectivity index (χ4v) is 5.78. The summed E-state index contributed by atoms with van der Waals surface area (Å²) in [5.41, 5.74) is 4.83. The summed E-state index contributed by atoms with van der Waals surface area (Å²) in [5.74, 6) is 1.000. The van der Waals surface area contributed by atoms with Crippen LogP contribution >= 0.6 is 11.3 Å². The summed E-state index contributed by atoms with van der Waals surface area (Å²) in [6.07, 6.45) is 1.57. The number of nitrogens with zero attached hydrogens (tertiary/aromatic N) is 2. The van der Waals surface area contributed by atoms with E-state index >= 15 is 0 Å². The van der Waals surface area contributed by atoms with Gasteiger partial charge < -0.3 is 0 Å². The standard InChI is InChI=1S/C25H21N3O2S2/c29-32(30,25-11-6-18-31-25)27-20-15-12-19(13-16-20)14-17-24-26-22-9-4-5-10-23(22)28(24)21-7-2-1-3-8-21/h1-13,15-16,18,27H,14,17H2. The van der Waals surface area contributed by atoms with Crippen LogP contribution in [-0.4, -0.2) is 18.0 Å². The number of aromatic nitrogens is 2.